The smallest absolute Gasteiger partial charge is 0.186 e. The van der Waals surface area contributed by atoms with Gasteiger partial charge in [0.05, 0.1) is 11.3 Å². The van der Waals surface area contributed by atoms with Crippen LogP contribution in [-0.2, 0) is 9.84 Å². The van der Waals surface area contributed by atoms with Gasteiger partial charge in [0, 0.05) is 0 Å². The summed E-state index contributed by atoms with van der Waals surface area (Å²) in [5.74, 6) is -0.648. The zero-order valence-electron chi connectivity index (χ0n) is 9.20. The van der Waals surface area contributed by atoms with Crippen LogP contribution in [0.5, 0.6) is 0 Å². The van der Waals surface area contributed by atoms with Crippen molar-refractivity contribution in [2.75, 3.05) is 6.54 Å². The number of rotatable bonds is 2. The standard InChI is InChI=1S/C11H14FNO2S/c1-3-13-10-7(2)16(14,15)11-8(10)5-4-6-9(11)12/h4-7,10,13H,3H2,1-2H3. The maximum Gasteiger partial charge on any atom is 0.186 e. The van der Waals surface area contributed by atoms with Gasteiger partial charge < -0.3 is 5.32 Å². The quantitative estimate of drug-likeness (QED) is 0.859. The summed E-state index contributed by atoms with van der Waals surface area (Å²) in [4.78, 5) is -0.131. The van der Waals surface area contributed by atoms with Gasteiger partial charge >= 0.3 is 0 Å². The predicted molar refractivity (Wildman–Crippen MR) is 59.5 cm³/mol. The Bertz CT molecular complexity index is 513. The van der Waals surface area contributed by atoms with Crippen LogP contribution in [0.15, 0.2) is 23.1 Å². The van der Waals surface area contributed by atoms with Crippen LogP contribution < -0.4 is 5.32 Å². The summed E-state index contributed by atoms with van der Waals surface area (Å²) >= 11 is 0. The highest BCUT2D eigenvalue weighted by Crippen LogP contribution is 2.39. The highest BCUT2D eigenvalue weighted by atomic mass is 32.2. The Kier molecular flexibility index (Phi) is 2.75. The lowest BCUT2D eigenvalue weighted by Crippen LogP contribution is -2.29. The first-order valence-corrected chi connectivity index (χ1v) is 6.80. The van der Waals surface area contributed by atoms with E-state index in [-0.39, 0.29) is 10.9 Å². The summed E-state index contributed by atoms with van der Waals surface area (Å²) in [7, 11) is -3.52. The first-order valence-electron chi connectivity index (χ1n) is 5.25. The Morgan fingerprint density at radius 3 is 2.75 bits per heavy atom. The lowest BCUT2D eigenvalue weighted by molar-refractivity contribution is 0.528. The lowest BCUT2D eigenvalue weighted by atomic mass is 10.0. The molecule has 0 saturated heterocycles. The summed E-state index contributed by atoms with van der Waals surface area (Å²) in [6.07, 6.45) is 0. The van der Waals surface area contributed by atoms with Gasteiger partial charge in [-0.3, -0.25) is 0 Å². The Hall–Kier alpha value is -0.940. The second-order valence-electron chi connectivity index (χ2n) is 3.94. The number of sulfone groups is 1. The van der Waals surface area contributed by atoms with Crippen LogP contribution in [0.3, 0.4) is 0 Å². The molecule has 1 aromatic carbocycles. The van der Waals surface area contributed by atoms with Crippen LogP contribution in [0.25, 0.3) is 0 Å². The lowest BCUT2D eigenvalue weighted by Gasteiger charge is -2.15. The van der Waals surface area contributed by atoms with Crippen molar-refractivity contribution in [3.05, 3.63) is 29.6 Å². The van der Waals surface area contributed by atoms with Gasteiger partial charge in [0.25, 0.3) is 0 Å². The van der Waals surface area contributed by atoms with Gasteiger partial charge in [0.2, 0.25) is 0 Å². The summed E-state index contributed by atoms with van der Waals surface area (Å²) in [6.45, 7) is 4.17. The highest BCUT2D eigenvalue weighted by Gasteiger charge is 2.43. The van der Waals surface area contributed by atoms with E-state index >= 15 is 0 Å². The van der Waals surface area contributed by atoms with E-state index in [1.807, 2.05) is 6.92 Å². The molecule has 2 atom stereocenters. The van der Waals surface area contributed by atoms with Crippen molar-refractivity contribution in [3.8, 4) is 0 Å². The molecule has 16 heavy (non-hydrogen) atoms. The number of halogens is 1. The van der Waals surface area contributed by atoms with E-state index in [0.717, 1.165) is 0 Å². The van der Waals surface area contributed by atoms with E-state index in [2.05, 4.69) is 5.32 Å². The predicted octanol–water partition coefficient (Wildman–Crippen LogP) is 1.65. The van der Waals surface area contributed by atoms with Crippen molar-refractivity contribution in [3.63, 3.8) is 0 Å². The SMILES string of the molecule is CCNC1c2cccc(F)c2S(=O)(=O)C1C. The normalized spacial score (nSPS) is 26.7. The van der Waals surface area contributed by atoms with Crippen LogP contribution in [0.1, 0.15) is 25.5 Å². The van der Waals surface area contributed by atoms with Crippen molar-refractivity contribution < 1.29 is 12.8 Å². The van der Waals surface area contributed by atoms with Crippen molar-refractivity contribution in [2.24, 2.45) is 0 Å². The Morgan fingerprint density at radius 1 is 1.44 bits per heavy atom. The number of benzene rings is 1. The Labute approximate surface area is 94.6 Å². The van der Waals surface area contributed by atoms with Gasteiger partial charge in [-0.25, -0.2) is 12.8 Å². The molecule has 1 aromatic rings. The molecule has 1 heterocycles. The van der Waals surface area contributed by atoms with Gasteiger partial charge in [-0.15, -0.1) is 0 Å². The van der Waals surface area contributed by atoms with Crippen molar-refractivity contribution >= 4 is 9.84 Å². The molecule has 2 rings (SSSR count). The van der Waals surface area contributed by atoms with Crippen LogP contribution >= 0.6 is 0 Å². The molecule has 3 nitrogen and oxygen atoms in total. The molecular formula is C11H14FNO2S. The van der Waals surface area contributed by atoms with E-state index < -0.39 is 20.9 Å². The van der Waals surface area contributed by atoms with Gasteiger partial charge in [-0.05, 0) is 25.1 Å². The van der Waals surface area contributed by atoms with Gasteiger partial charge in [-0.2, -0.15) is 0 Å². The fourth-order valence-electron chi connectivity index (χ4n) is 2.18. The first kappa shape index (κ1) is 11.5. The number of fused-ring (bicyclic) bond motifs is 1. The monoisotopic (exact) mass is 243 g/mol. The van der Waals surface area contributed by atoms with E-state index in [1.165, 1.54) is 6.07 Å². The molecule has 0 amide bonds. The molecular weight excluding hydrogens is 229 g/mol. The molecule has 0 aliphatic carbocycles. The zero-order valence-corrected chi connectivity index (χ0v) is 10.0. The second-order valence-corrected chi connectivity index (χ2v) is 6.19. The summed E-state index contributed by atoms with van der Waals surface area (Å²) < 4.78 is 37.6. The van der Waals surface area contributed by atoms with Gasteiger partial charge in [-0.1, -0.05) is 19.1 Å². The van der Waals surface area contributed by atoms with E-state index in [9.17, 15) is 12.8 Å². The topological polar surface area (TPSA) is 46.2 Å². The number of hydrogen-bond donors (Lipinski definition) is 1. The summed E-state index contributed by atoms with van der Waals surface area (Å²) in [6, 6.07) is 4.11. The molecule has 0 spiro atoms. The molecule has 2 unspecified atom stereocenters. The molecule has 0 aromatic heterocycles. The zero-order chi connectivity index (χ0) is 11.9. The fourth-order valence-corrected chi connectivity index (χ4v) is 4.02. The third kappa shape index (κ3) is 1.46. The van der Waals surface area contributed by atoms with Crippen molar-refractivity contribution in [1.82, 2.24) is 5.32 Å². The third-order valence-corrected chi connectivity index (χ3v) is 5.25. The largest absolute Gasteiger partial charge is 0.309 e. The number of hydrogen-bond acceptors (Lipinski definition) is 3. The molecule has 0 bridgehead atoms. The summed E-state index contributed by atoms with van der Waals surface area (Å²) in [5, 5.41) is 2.48. The minimum atomic E-state index is -3.52. The molecule has 1 aliphatic rings. The van der Waals surface area contributed by atoms with E-state index in [4.69, 9.17) is 0 Å². The van der Waals surface area contributed by atoms with Crippen LogP contribution in [-0.4, -0.2) is 20.2 Å². The minimum absolute atomic E-state index is 0.131. The maximum atomic E-state index is 13.6. The average Bonchev–Trinajstić information content (AvgIpc) is 2.41. The highest BCUT2D eigenvalue weighted by molar-refractivity contribution is 7.92. The molecule has 5 heteroatoms. The fraction of sp³-hybridized carbons (Fsp3) is 0.455. The first-order chi connectivity index (χ1) is 7.50. The van der Waals surface area contributed by atoms with Crippen LogP contribution in [0.2, 0.25) is 0 Å². The second kappa shape index (κ2) is 3.82. The molecule has 1 aliphatic heterocycles. The van der Waals surface area contributed by atoms with Gasteiger partial charge in [0.1, 0.15) is 10.7 Å². The van der Waals surface area contributed by atoms with Crippen molar-refractivity contribution in [1.29, 1.82) is 0 Å². The number of nitrogens with one attached hydrogen (secondary N) is 1. The maximum absolute atomic E-state index is 13.6. The molecule has 0 radical (unpaired) electrons. The molecule has 0 fully saturated rings. The van der Waals surface area contributed by atoms with E-state index in [1.54, 1.807) is 19.1 Å². The average molecular weight is 243 g/mol. The van der Waals surface area contributed by atoms with Crippen molar-refractivity contribution in [2.45, 2.75) is 30.0 Å². The Balaban J connectivity index is 2.65. The summed E-state index contributed by atoms with van der Waals surface area (Å²) in [5.41, 5.74) is 0.550. The van der Waals surface area contributed by atoms with Crippen LogP contribution in [0, 0.1) is 5.82 Å². The third-order valence-electron chi connectivity index (χ3n) is 3.00. The van der Waals surface area contributed by atoms with Gasteiger partial charge in [0.15, 0.2) is 9.84 Å². The van der Waals surface area contributed by atoms with E-state index in [0.29, 0.717) is 12.1 Å². The van der Waals surface area contributed by atoms with Crippen LogP contribution in [0.4, 0.5) is 4.39 Å². The minimum Gasteiger partial charge on any atom is -0.309 e. The Morgan fingerprint density at radius 2 is 2.12 bits per heavy atom. The molecule has 1 N–H and O–H groups in total. The molecule has 0 saturated carbocycles. The molecule has 88 valence electrons.